The Kier molecular flexibility index (Phi) is 38.4. The number of aliphatic hydroxyl groups is 1. The first-order chi connectivity index (χ1) is 29.5. The first kappa shape index (κ1) is 56.8. The average Bonchev–Trinajstić information content (AvgIpc) is 3.23. The maximum Gasteiger partial charge on any atom is 0.472 e. The number of phosphoric ester groups is 1. The monoisotopic (exact) mass is 871 g/mol. The number of aliphatic carboxylic acids is 1. The number of phosphoric acid groups is 1. The minimum absolute atomic E-state index is 0.0491. The number of hydrogen-bond acceptors (Lipinski definition) is 10. The van der Waals surface area contributed by atoms with Gasteiger partial charge in [0, 0.05) is 12.8 Å². The van der Waals surface area contributed by atoms with Crippen LogP contribution in [0.2, 0.25) is 0 Å². The third kappa shape index (κ3) is 41.0. The number of esters is 2. The number of carbonyl (C=O) groups excluding carboxylic acids is 2. The molecule has 2 unspecified atom stereocenters. The molecule has 0 bridgehead atoms. The van der Waals surface area contributed by atoms with Gasteiger partial charge in [-0.2, -0.15) is 0 Å². The van der Waals surface area contributed by atoms with Crippen molar-refractivity contribution in [1.82, 2.24) is 0 Å². The van der Waals surface area contributed by atoms with Gasteiger partial charge in [-0.25, -0.2) is 4.57 Å². The fourth-order valence-electron chi connectivity index (χ4n) is 4.91. The molecule has 0 aliphatic heterocycles. The van der Waals surface area contributed by atoms with Crippen molar-refractivity contribution in [2.24, 2.45) is 5.73 Å². The van der Waals surface area contributed by atoms with E-state index in [4.69, 9.17) is 24.8 Å². The Morgan fingerprint density at radius 1 is 0.590 bits per heavy atom. The van der Waals surface area contributed by atoms with E-state index in [1.807, 2.05) is 61.6 Å². The smallest absolute Gasteiger partial charge is 0.472 e. The van der Waals surface area contributed by atoms with Crippen molar-refractivity contribution in [2.75, 3.05) is 19.8 Å². The van der Waals surface area contributed by atoms with Crippen molar-refractivity contribution < 1.29 is 52.6 Å². The van der Waals surface area contributed by atoms with Gasteiger partial charge in [0.15, 0.2) is 6.10 Å². The summed E-state index contributed by atoms with van der Waals surface area (Å²) in [5, 5.41) is 18.7. The Balaban J connectivity index is 4.58. The summed E-state index contributed by atoms with van der Waals surface area (Å²) in [6.45, 7) is 2.32. The second kappa shape index (κ2) is 41.2. The SMILES string of the molecule is CC/C=C\C/C=C\C/C=C\C/C=C\C/C=C\CCCCCC(=O)OC[C@H](COP(=O)(O)OC[C@H](N)C(=O)O)OC(=O)CCC/C=C\C/C=C\C/C=C\C=C\CC(O)/C=C\CC. The lowest BCUT2D eigenvalue weighted by Gasteiger charge is -2.20. The minimum Gasteiger partial charge on any atom is -0.480 e. The van der Waals surface area contributed by atoms with Crippen LogP contribution in [0.1, 0.15) is 123 Å². The van der Waals surface area contributed by atoms with Crippen LogP contribution in [0.4, 0.5) is 0 Å². The maximum atomic E-state index is 12.6. The van der Waals surface area contributed by atoms with E-state index in [-0.39, 0.29) is 12.8 Å². The van der Waals surface area contributed by atoms with Crippen LogP contribution in [0, 0.1) is 0 Å². The molecule has 4 atom stereocenters. The molecule has 0 aromatic heterocycles. The van der Waals surface area contributed by atoms with Crippen LogP contribution >= 0.6 is 7.82 Å². The van der Waals surface area contributed by atoms with Gasteiger partial charge in [0.2, 0.25) is 0 Å². The highest BCUT2D eigenvalue weighted by Crippen LogP contribution is 2.43. The summed E-state index contributed by atoms with van der Waals surface area (Å²) in [6, 6.07) is -1.55. The van der Waals surface area contributed by atoms with Crippen molar-refractivity contribution in [1.29, 1.82) is 0 Å². The number of rotatable bonds is 38. The Morgan fingerprint density at radius 2 is 1.08 bits per heavy atom. The highest BCUT2D eigenvalue weighted by molar-refractivity contribution is 7.47. The summed E-state index contributed by atoms with van der Waals surface area (Å²) in [7, 11) is -4.76. The van der Waals surface area contributed by atoms with Gasteiger partial charge in [0.05, 0.1) is 19.3 Å². The fraction of sp³-hybridized carbons (Fsp3) is 0.521. The number of carboxylic acids is 1. The molecule has 13 heteroatoms. The van der Waals surface area contributed by atoms with Gasteiger partial charge in [0.25, 0.3) is 0 Å². The number of nitrogens with two attached hydrogens (primary N) is 1. The van der Waals surface area contributed by atoms with Gasteiger partial charge >= 0.3 is 25.7 Å². The maximum absolute atomic E-state index is 12.6. The minimum atomic E-state index is -4.76. The number of allylic oxidation sites excluding steroid dienone is 18. The molecule has 0 amide bonds. The second-order valence-electron chi connectivity index (χ2n) is 13.9. The molecule has 61 heavy (non-hydrogen) atoms. The lowest BCUT2D eigenvalue weighted by molar-refractivity contribution is -0.161. The molecular formula is C48H74NO11P. The first-order valence-corrected chi connectivity index (χ1v) is 23.2. The Hall–Kier alpha value is -4.16. The second-order valence-corrected chi connectivity index (χ2v) is 15.4. The zero-order valence-electron chi connectivity index (χ0n) is 36.6. The number of ether oxygens (including phenoxy) is 2. The third-order valence-corrected chi connectivity index (χ3v) is 9.23. The van der Waals surface area contributed by atoms with Gasteiger partial charge in [-0.1, -0.05) is 142 Å². The number of unbranched alkanes of at least 4 members (excludes halogenated alkanes) is 4. The molecule has 0 aromatic rings. The predicted octanol–water partition coefficient (Wildman–Crippen LogP) is 10.6. The topological polar surface area (TPSA) is 192 Å². The van der Waals surface area contributed by atoms with E-state index in [0.29, 0.717) is 25.7 Å². The molecule has 0 aromatic carbocycles. The molecule has 0 radical (unpaired) electrons. The van der Waals surface area contributed by atoms with Gasteiger partial charge in [-0.15, -0.1) is 0 Å². The number of carboxylic acid groups (broad SMARTS) is 1. The van der Waals surface area contributed by atoms with Crippen molar-refractivity contribution in [3.63, 3.8) is 0 Å². The molecule has 0 saturated carbocycles. The van der Waals surface area contributed by atoms with Gasteiger partial charge in [0.1, 0.15) is 12.6 Å². The summed E-state index contributed by atoms with van der Waals surface area (Å²) in [6.07, 6.45) is 51.8. The summed E-state index contributed by atoms with van der Waals surface area (Å²) in [5.41, 5.74) is 5.32. The van der Waals surface area contributed by atoms with E-state index in [2.05, 4.69) is 72.2 Å². The largest absolute Gasteiger partial charge is 0.480 e. The zero-order chi connectivity index (χ0) is 45.1. The van der Waals surface area contributed by atoms with Crippen molar-refractivity contribution >= 4 is 25.7 Å². The van der Waals surface area contributed by atoms with Crippen molar-refractivity contribution in [3.8, 4) is 0 Å². The summed E-state index contributed by atoms with van der Waals surface area (Å²) in [5.74, 6) is -2.55. The highest BCUT2D eigenvalue weighted by atomic mass is 31.2. The molecular weight excluding hydrogens is 797 g/mol. The molecule has 0 rings (SSSR count). The average molecular weight is 872 g/mol. The van der Waals surface area contributed by atoms with Crippen LogP contribution in [0.5, 0.6) is 0 Å². The molecule has 0 heterocycles. The van der Waals surface area contributed by atoms with Gasteiger partial charge in [-0.05, 0) is 89.9 Å². The lowest BCUT2D eigenvalue weighted by Crippen LogP contribution is -2.34. The summed E-state index contributed by atoms with van der Waals surface area (Å²) >= 11 is 0. The summed E-state index contributed by atoms with van der Waals surface area (Å²) < 4.78 is 32.6. The number of aliphatic hydroxyl groups excluding tert-OH is 1. The van der Waals surface area contributed by atoms with E-state index < -0.39 is 63.8 Å². The predicted molar refractivity (Wildman–Crippen MR) is 245 cm³/mol. The van der Waals surface area contributed by atoms with Crippen LogP contribution in [0.25, 0.3) is 0 Å². The van der Waals surface area contributed by atoms with Crippen LogP contribution in [0.15, 0.2) is 122 Å². The number of carbonyl (C=O) groups is 3. The van der Waals surface area contributed by atoms with Crippen LogP contribution in [-0.2, 0) is 37.5 Å². The van der Waals surface area contributed by atoms with Gasteiger partial charge in [-0.3, -0.25) is 23.4 Å². The lowest BCUT2D eigenvalue weighted by atomic mass is 10.1. The zero-order valence-corrected chi connectivity index (χ0v) is 37.4. The van der Waals surface area contributed by atoms with Crippen LogP contribution in [-0.4, -0.2) is 71.1 Å². The molecule has 342 valence electrons. The fourth-order valence-corrected chi connectivity index (χ4v) is 5.69. The van der Waals surface area contributed by atoms with Crippen LogP contribution < -0.4 is 5.73 Å². The Bertz CT molecular complexity index is 1510. The van der Waals surface area contributed by atoms with E-state index in [1.165, 1.54) is 0 Å². The van der Waals surface area contributed by atoms with Crippen molar-refractivity contribution in [2.45, 2.75) is 141 Å². The molecule has 5 N–H and O–H groups in total. The van der Waals surface area contributed by atoms with E-state index in [1.54, 1.807) is 6.08 Å². The molecule has 0 aliphatic carbocycles. The quantitative estimate of drug-likeness (QED) is 0.0151. The van der Waals surface area contributed by atoms with E-state index in [9.17, 15) is 28.9 Å². The third-order valence-electron chi connectivity index (χ3n) is 8.28. The first-order valence-electron chi connectivity index (χ1n) is 21.7. The van der Waals surface area contributed by atoms with Crippen LogP contribution in [0.3, 0.4) is 0 Å². The van der Waals surface area contributed by atoms with Crippen molar-refractivity contribution in [3.05, 3.63) is 122 Å². The molecule has 0 aliphatic rings. The molecule has 0 saturated heterocycles. The van der Waals surface area contributed by atoms with E-state index >= 15 is 0 Å². The highest BCUT2D eigenvalue weighted by Gasteiger charge is 2.28. The standard InChI is InChI=1S/C48H74NO11P/c1-3-5-7-8-9-10-11-12-13-14-15-16-17-18-22-25-28-31-34-38-46(51)57-40-44(41-58-61(55,56)59-42-45(49)48(53)54)60-47(52)39-35-32-29-26-23-20-19-21-24-27-30-33-37-43(50)36-6-4-2/h5-7,9-10,12-13,15-16,18-20,22,24,26-27,29-30,33,36,43-45,50H,3-4,8,11,14,17,21,23,25,28,31-32,34-35,37-42,49H2,1-2H3,(H,53,54)(H,55,56)/b7-5-,10-9-,13-12-,16-15-,20-19-,22-18-,27-24-,29-26-,33-30+,36-6-/t43?,44-,45+/m1/s1. The summed E-state index contributed by atoms with van der Waals surface area (Å²) in [4.78, 5) is 46.0. The van der Waals surface area contributed by atoms with Gasteiger partial charge < -0.3 is 30.3 Å². The molecule has 0 spiro atoms. The van der Waals surface area contributed by atoms with E-state index in [0.717, 1.165) is 70.6 Å². The Morgan fingerprint density at radius 3 is 1.66 bits per heavy atom. The normalized spacial score (nSPS) is 15.4. The molecule has 12 nitrogen and oxygen atoms in total. The molecule has 0 fully saturated rings. The Labute approximate surface area is 365 Å². The number of hydrogen-bond donors (Lipinski definition) is 4.